The summed E-state index contributed by atoms with van der Waals surface area (Å²) in [7, 11) is 0. The van der Waals surface area contributed by atoms with Crippen LogP contribution in [0.15, 0.2) is 35.3 Å². The average Bonchev–Trinajstić information content (AvgIpc) is 2.64. The predicted octanol–water partition coefficient (Wildman–Crippen LogP) is 5.17. The Hall–Kier alpha value is -1.68. The van der Waals surface area contributed by atoms with Crippen molar-refractivity contribution in [3.05, 3.63) is 35.9 Å². The lowest BCUT2D eigenvalue weighted by atomic mass is 10.0. The summed E-state index contributed by atoms with van der Waals surface area (Å²) >= 11 is 0. The van der Waals surface area contributed by atoms with Crippen LogP contribution in [0.3, 0.4) is 0 Å². The van der Waals surface area contributed by atoms with Crippen LogP contribution in [0.5, 0.6) is 0 Å². The maximum atomic E-state index is 12.2. The second-order valence-electron chi connectivity index (χ2n) is 6.44. The van der Waals surface area contributed by atoms with E-state index in [1.165, 1.54) is 6.42 Å². The fourth-order valence-electron chi connectivity index (χ4n) is 2.97. The lowest BCUT2D eigenvalue weighted by Crippen LogP contribution is -2.38. The van der Waals surface area contributed by atoms with Gasteiger partial charge in [0.2, 0.25) is 0 Å². The summed E-state index contributed by atoms with van der Waals surface area (Å²) in [5.41, 5.74) is 1.77. The first kappa shape index (κ1) is 21.4. The monoisotopic (exact) mass is 346 g/mol. The number of benzene rings is 1. The van der Waals surface area contributed by atoms with Gasteiger partial charge in [-0.3, -0.25) is 0 Å². The number of aliphatic imine (C=N–C) groups is 1. The average molecular weight is 347 g/mol. The highest BCUT2D eigenvalue weighted by Gasteiger charge is 2.22. The summed E-state index contributed by atoms with van der Waals surface area (Å²) in [6.07, 6.45) is 2.53. The van der Waals surface area contributed by atoms with Crippen LogP contribution in [0.4, 0.5) is 4.79 Å². The van der Waals surface area contributed by atoms with Crippen molar-refractivity contribution in [3.8, 4) is 0 Å². The molecule has 0 spiro atoms. The van der Waals surface area contributed by atoms with Crippen molar-refractivity contribution in [1.82, 2.24) is 4.90 Å². The Bertz CT molecular complexity index is 518. The topological polar surface area (TPSA) is 41.9 Å². The van der Waals surface area contributed by atoms with E-state index in [2.05, 4.69) is 16.8 Å². The Labute approximate surface area is 153 Å². The van der Waals surface area contributed by atoms with Gasteiger partial charge in [-0.05, 0) is 37.3 Å². The number of carbonyl (C=O) groups excluding carboxylic acids is 1. The van der Waals surface area contributed by atoms with E-state index in [1.807, 2.05) is 58.0 Å². The molecule has 0 saturated carbocycles. The molecule has 0 atom stereocenters. The maximum absolute atomic E-state index is 12.2. The van der Waals surface area contributed by atoms with Gasteiger partial charge in [0, 0.05) is 13.1 Å². The third kappa shape index (κ3) is 7.39. The number of hydrogen-bond acceptors (Lipinski definition) is 3. The number of ether oxygens (including phenoxy) is 1. The van der Waals surface area contributed by atoms with Crippen molar-refractivity contribution in [3.63, 3.8) is 0 Å². The predicted molar refractivity (Wildman–Crippen MR) is 105 cm³/mol. The standard InChI is InChI=1S/C19H28N2O2.C2H6/c1-4-12-21-13-10-17(11-14-21)23-19(22)20-18(15(2)3)16-8-6-5-7-9-16;1-2/h5-9,15,17H,4,10-14H2,1-3H3;1-2H3/b20-18-;. The molecule has 1 aliphatic rings. The van der Waals surface area contributed by atoms with Crippen LogP contribution in [0.25, 0.3) is 0 Å². The molecule has 2 rings (SSSR count). The molecular weight excluding hydrogens is 312 g/mol. The Balaban J connectivity index is 0.00000151. The molecular formula is C21H34N2O2. The van der Waals surface area contributed by atoms with Crippen LogP contribution in [0, 0.1) is 5.92 Å². The Morgan fingerprint density at radius 2 is 1.80 bits per heavy atom. The third-order valence-electron chi connectivity index (χ3n) is 4.17. The molecule has 0 N–H and O–H groups in total. The van der Waals surface area contributed by atoms with E-state index in [4.69, 9.17) is 4.74 Å². The molecule has 1 saturated heterocycles. The SMILES string of the molecule is CC.CCCN1CCC(OC(=O)/N=C(\c2ccccc2)C(C)C)CC1. The van der Waals surface area contributed by atoms with E-state index in [-0.39, 0.29) is 12.0 Å². The summed E-state index contributed by atoms with van der Waals surface area (Å²) < 4.78 is 5.57. The minimum absolute atomic E-state index is 0.00328. The zero-order valence-corrected chi connectivity index (χ0v) is 16.5. The Kier molecular flexibility index (Phi) is 10.1. The van der Waals surface area contributed by atoms with E-state index >= 15 is 0 Å². The van der Waals surface area contributed by atoms with Crippen LogP contribution in [-0.2, 0) is 4.74 Å². The Morgan fingerprint density at radius 3 is 2.32 bits per heavy atom. The largest absolute Gasteiger partial charge is 0.445 e. The minimum Gasteiger partial charge on any atom is -0.445 e. The van der Waals surface area contributed by atoms with Crippen LogP contribution >= 0.6 is 0 Å². The van der Waals surface area contributed by atoms with Gasteiger partial charge in [-0.1, -0.05) is 65.0 Å². The van der Waals surface area contributed by atoms with Gasteiger partial charge in [-0.25, -0.2) is 4.79 Å². The zero-order valence-electron chi connectivity index (χ0n) is 16.5. The minimum atomic E-state index is -0.452. The molecule has 1 aliphatic heterocycles. The lowest BCUT2D eigenvalue weighted by Gasteiger charge is -2.30. The van der Waals surface area contributed by atoms with Gasteiger partial charge in [0.25, 0.3) is 0 Å². The number of nitrogens with zero attached hydrogens (tertiary/aromatic N) is 2. The summed E-state index contributed by atoms with van der Waals surface area (Å²) in [5, 5.41) is 0. The van der Waals surface area contributed by atoms with E-state index in [0.29, 0.717) is 0 Å². The lowest BCUT2D eigenvalue weighted by molar-refractivity contribution is 0.0566. The number of likely N-dealkylation sites (tertiary alicyclic amines) is 1. The van der Waals surface area contributed by atoms with Gasteiger partial charge in [0.15, 0.2) is 0 Å². The van der Waals surface area contributed by atoms with Gasteiger partial charge in [0.05, 0.1) is 5.71 Å². The summed E-state index contributed by atoms with van der Waals surface area (Å²) in [6.45, 7) is 13.4. The first-order valence-corrected chi connectivity index (χ1v) is 9.67. The maximum Gasteiger partial charge on any atom is 0.434 e. The van der Waals surface area contributed by atoms with Crippen LogP contribution in [0.1, 0.15) is 59.4 Å². The van der Waals surface area contributed by atoms with Gasteiger partial charge >= 0.3 is 6.09 Å². The first-order chi connectivity index (χ1) is 12.1. The molecule has 1 aromatic carbocycles. The molecule has 4 nitrogen and oxygen atoms in total. The van der Waals surface area contributed by atoms with Crippen molar-refractivity contribution in [1.29, 1.82) is 0 Å². The highest BCUT2D eigenvalue weighted by Crippen LogP contribution is 2.16. The van der Waals surface area contributed by atoms with Crippen molar-refractivity contribution in [2.75, 3.05) is 19.6 Å². The second kappa shape index (κ2) is 11.8. The van der Waals surface area contributed by atoms with Gasteiger partial charge in [-0.15, -0.1) is 0 Å². The van der Waals surface area contributed by atoms with Crippen LogP contribution in [0.2, 0.25) is 0 Å². The normalized spacial score (nSPS) is 16.3. The van der Waals surface area contributed by atoms with Crippen molar-refractivity contribution in [2.24, 2.45) is 10.9 Å². The molecule has 1 amide bonds. The molecule has 0 unspecified atom stereocenters. The van der Waals surface area contributed by atoms with E-state index < -0.39 is 6.09 Å². The highest BCUT2D eigenvalue weighted by atomic mass is 16.6. The number of rotatable bonds is 5. The fraction of sp³-hybridized carbons (Fsp3) is 0.619. The van der Waals surface area contributed by atoms with Crippen molar-refractivity contribution >= 4 is 11.8 Å². The molecule has 25 heavy (non-hydrogen) atoms. The van der Waals surface area contributed by atoms with E-state index in [0.717, 1.165) is 43.8 Å². The second-order valence-corrected chi connectivity index (χ2v) is 6.44. The van der Waals surface area contributed by atoms with Crippen LogP contribution in [-0.4, -0.2) is 42.4 Å². The number of piperidine rings is 1. The summed E-state index contributed by atoms with van der Waals surface area (Å²) in [6, 6.07) is 9.85. The molecule has 1 fully saturated rings. The fourth-order valence-corrected chi connectivity index (χ4v) is 2.97. The summed E-state index contributed by atoms with van der Waals surface area (Å²) in [5.74, 6) is 0.177. The van der Waals surface area contributed by atoms with Crippen molar-refractivity contribution < 1.29 is 9.53 Å². The quantitative estimate of drug-likeness (QED) is 0.691. The molecule has 1 heterocycles. The molecule has 1 aromatic rings. The molecule has 0 radical (unpaired) electrons. The van der Waals surface area contributed by atoms with Gasteiger partial charge in [0.1, 0.15) is 6.10 Å². The molecule has 0 aromatic heterocycles. The zero-order chi connectivity index (χ0) is 18.7. The molecule has 0 bridgehead atoms. The van der Waals surface area contributed by atoms with Crippen molar-refractivity contribution in [2.45, 2.75) is 60.0 Å². The van der Waals surface area contributed by atoms with Gasteiger partial charge < -0.3 is 9.64 Å². The molecule has 4 heteroatoms. The molecule has 140 valence electrons. The number of hydrogen-bond donors (Lipinski definition) is 0. The Morgan fingerprint density at radius 1 is 1.20 bits per heavy atom. The third-order valence-corrected chi connectivity index (χ3v) is 4.17. The van der Waals surface area contributed by atoms with E-state index in [9.17, 15) is 4.79 Å². The smallest absolute Gasteiger partial charge is 0.434 e. The first-order valence-electron chi connectivity index (χ1n) is 9.67. The van der Waals surface area contributed by atoms with Crippen LogP contribution < -0.4 is 0 Å². The number of carbonyl (C=O) groups is 1. The number of amides is 1. The molecule has 0 aliphatic carbocycles. The van der Waals surface area contributed by atoms with E-state index in [1.54, 1.807) is 0 Å². The summed E-state index contributed by atoms with van der Waals surface area (Å²) in [4.78, 5) is 18.8. The van der Waals surface area contributed by atoms with Gasteiger partial charge in [-0.2, -0.15) is 4.99 Å². The highest BCUT2D eigenvalue weighted by molar-refractivity contribution is 6.06.